The quantitative estimate of drug-likeness (QED) is 0.463. The third kappa shape index (κ3) is 6.48. The minimum atomic E-state index is -0.946. The van der Waals surface area contributed by atoms with Crippen LogP contribution in [0.15, 0.2) is 5.10 Å². The number of nitrogens with one attached hydrogen (secondary N) is 2. The van der Waals surface area contributed by atoms with Gasteiger partial charge in [0.2, 0.25) is 11.7 Å². The van der Waals surface area contributed by atoms with Crippen LogP contribution in [0.25, 0.3) is 0 Å². The molecule has 1 aliphatic heterocycles. The summed E-state index contributed by atoms with van der Waals surface area (Å²) < 4.78 is 5.41. The van der Waals surface area contributed by atoms with Crippen LogP contribution in [0.2, 0.25) is 0 Å². The van der Waals surface area contributed by atoms with E-state index in [1.165, 1.54) is 11.8 Å². The van der Waals surface area contributed by atoms with E-state index in [9.17, 15) is 14.4 Å². The van der Waals surface area contributed by atoms with E-state index in [1.54, 1.807) is 7.11 Å². The standard InChI is InChI=1S/C19H32N4O4S/c1-19(2,27-4)12-14(20-16(25)13-8-6-5-7-9-13)15(24)17(26)21-22-18-23(3)10-11-28-18/h13-14H,5-12H2,1-4H3,(H,20,25)(H,21,26). The SMILES string of the molecule is COC(C)(C)CC(NC(=O)C1CCCCC1)C(=O)C(=O)NN=C1SCCN1C. The number of thioether (sulfide) groups is 1. The maximum absolute atomic E-state index is 12.8. The fourth-order valence-corrected chi connectivity index (χ4v) is 4.32. The first-order chi connectivity index (χ1) is 13.2. The van der Waals surface area contributed by atoms with Crippen molar-refractivity contribution in [1.29, 1.82) is 0 Å². The number of carbonyl (C=O) groups is 3. The monoisotopic (exact) mass is 412 g/mol. The number of amides is 2. The molecule has 1 aliphatic carbocycles. The van der Waals surface area contributed by atoms with Gasteiger partial charge in [-0.1, -0.05) is 31.0 Å². The fraction of sp³-hybridized carbons (Fsp3) is 0.789. The first-order valence-electron chi connectivity index (χ1n) is 9.85. The topological polar surface area (TPSA) is 100 Å². The van der Waals surface area contributed by atoms with Crippen molar-refractivity contribution in [2.75, 3.05) is 26.5 Å². The Morgan fingerprint density at radius 1 is 1.29 bits per heavy atom. The van der Waals surface area contributed by atoms with Gasteiger partial charge in [0.15, 0.2) is 5.17 Å². The highest BCUT2D eigenvalue weighted by Crippen LogP contribution is 2.24. The molecule has 158 valence electrons. The van der Waals surface area contributed by atoms with Crippen LogP contribution in [-0.2, 0) is 19.1 Å². The Labute approximate surface area is 171 Å². The van der Waals surface area contributed by atoms with Gasteiger partial charge in [0.1, 0.15) is 6.04 Å². The lowest BCUT2D eigenvalue weighted by Gasteiger charge is -2.29. The zero-order chi connectivity index (χ0) is 20.7. The molecule has 0 aromatic rings. The normalized spacial score (nSPS) is 20.9. The molecule has 0 bridgehead atoms. The predicted molar refractivity (Wildman–Crippen MR) is 110 cm³/mol. The molecule has 1 saturated heterocycles. The number of amidine groups is 1. The van der Waals surface area contributed by atoms with E-state index in [2.05, 4.69) is 15.8 Å². The number of ketones is 1. The average Bonchev–Trinajstić information content (AvgIpc) is 3.10. The van der Waals surface area contributed by atoms with Crippen LogP contribution < -0.4 is 10.7 Å². The predicted octanol–water partition coefficient (Wildman–Crippen LogP) is 1.50. The summed E-state index contributed by atoms with van der Waals surface area (Å²) in [6.07, 6.45) is 5.03. The minimum absolute atomic E-state index is 0.0958. The smallest absolute Gasteiger partial charge is 0.309 e. The zero-order valence-electron chi connectivity index (χ0n) is 17.2. The van der Waals surface area contributed by atoms with Crippen molar-refractivity contribution in [3.05, 3.63) is 0 Å². The number of carbonyl (C=O) groups excluding carboxylic acids is 3. The minimum Gasteiger partial charge on any atom is -0.379 e. The van der Waals surface area contributed by atoms with Crippen molar-refractivity contribution in [2.45, 2.75) is 64.0 Å². The third-order valence-electron chi connectivity index (χ3n) is 5.32. The molecular weight excluding hydrogens is 380 g/mol. The Balaban J connectivity index is 2.04. The molecule has 2 N–H and O–H groups in total. The summed E-state index contributed by atoms with van der Waals surface area (Å²) in [6, 6.07) is -0.946. The molecule has 2 fully saturated rings. The van der Waals surface area contributed by atoms with Crippen LogP contribution in [0.4, 0.5) is 0 Å². The molecule has 0 radical (unpaired) electrons. The number of rotatable bonds is 8. The van der Waals surface area contributed by atoms with Crippen molar-refractivity contribution < 1.29 is 19.1 Å². The second-order valence-electron chi connectivity index (χ2n) is 8.03. The zero-order valence-corrected chi connectivity index (χ0v) is 18.1. The Kier molecular flexibility index (Phi) is 8.30. The lowest BCUT2D eigenvalue weighted by molar-refractivity contribution is -0.141. The molecule has 8 nitrogen and oxygen atoms in total. The van der Waals surface area contributed by atoms with Crippen LogP contribution in [0, 0.1) is 5.92 Å². The van der Waals surface area contributed by atoms with E-state index in [-0.39, 0.29) is 18.2 Å². The second kappa shape index (κ2) is 10.2. The number of hydrogen-bond donors (Lipinski definition) is 2. The first-order valence-corrected chi connectivity index (χ1v) is 10.8. The van der Waals surface area contributed by atoms with E-state index in [4.69, 9.17) is 4.74 Å². The van der Waals surface area contributed by atoms with E-state index >= 15 is 0 Å². The Morgan fingerprint density at radius 2 is 1.96 bits per heavy atom. The van der Waals surface area contributed by atoms with Gasteiger partial charge >= 0.3 is 5.91 Å². The molecule has 1 saturated carbocycles. The van der Waals surface area contributed by atoms with Crippen molar-refractivity contribution in [1.82, 2.24) is 15.6 Å². The number of Topliss-reactive ketones (excluding diaryl/α,β-unsaturated/α-hetero) is 1. The van der Waals surface area contributed by atoms with Crippen LogP contribution in [0.5, 0.6) is 0 Å². The Hall–Kier alpha value is -1.61. The van der Waals surface area contributed by atoms with Crippen molar-refractivity contribution >= 4 is 34.5 Å². The maximum atomic E-state index is 12.8. The molecule has 28 heavy (non-hydrogen) atoms. The van der Waals surface area contributed by atoms with Crippen LogP contribution in [0.3, 0.4) is 0 Å². The molecule has 0 aromatic heterocycles. The number of hydrazone groups is 1. The van der Waals surface area contributed by atoms with Crippen LogP contribution in [0.1, 0.15) is 52.4 Å². The van der Waals surface area contributed by atoms with Gasteiger partial charge in [-0.2, -0.15) is 0 Å². The summed E-state index contributed by atoms with van der Waals surface area (Å²) in [4.78, 5) is 39.7. The molecule has 1 atom stereocenters. The Morgan fingerprint density at radius 3 is 2.54 bits per heavy atom. The molecule has 1 heterocycles. The maximum Gasteiger partial charge on any atom is 0.309 e. The first kappa shape index (κ1) is 22.7. The number of hydrogen-bond acceptors (Lipinski definition) is 6. The van der Waals surface area contributed by atoms with Crippen LogP contribution >= 0.6 is 11.8 Å². The van der Waals surface area contributed by atoms with Crippen molar-refractivity contribution in [2.24, 2.45) is 11.0 Å². The second-order valence-corrected chi connectivity index (χ2v) is 9.10. The summed E-state index contributed by atoms with van der Waals surface area (Å²) in [5, 5.41) is 7.50. The highest BCUT2D eigenvalue weighted by molar-refractivity contribution is 8.14. The highest BCUT2D eigenvalue weighted by Gasteiger charge is 2.34. The van der Waals surface area contributed by atoms with Gasteiger partial charge in [0.05, 0.1) is 5.60 Å². The molecule has 2 amide bonds. The van der Waals surface area contributed by atoms with Crippen LogP contribution in [-0.4, -0.2) is 65.8 Å². The molecule has 9 heteroatoms. The third-order valence-corrected chi connectivity index (χ3v) is 6.37. The van der Waals surface area contributed by atoms with E-state index in [0.29, 0.717) is 5.17 Å². The molecule has 1 unspecified atom stereocenters. The van der Waals surface area contributed by atoms with Gasteiger partial charge < -0.3 is 15.0 Å². The summed E-state index contributed by atoms with van der Waals surface area (Å²) in [5.41, 5.74) is 1.68. The number of ether oxygens (including phenoxy) is 1. The van der Waals surface area contributed by atoms with Gasteiger partial charge in [-0.25, -0.2) is 5.43 Å². The van der Waals surface area contributed by atoms with E-state index in [0.717, 1.165) is 44.4 Å². The molecule has 0 aromatic carbocycles. The molecule has 2 rings (SSSR count). The highest BCUT2D eigenvalue weighted by atomic mass is 32.2. The van der Waals surface area contributed by atoms with Crippen molar-refractivity contribution in [3.63, 3.8) is 0 Å². The average molecular weight is 413 g/mol. The molecule has 0 spiro atoms. The van der Waals surface area contributed by atoms with E-state index < -0.39 is 23.3 Å². The van der Waals surface area contributed by atoms with Gasteiger partial charge in [-0.05, 0) is 26.7 Å². The van der Waals surface area contributed by atoms with Gasteiger partial charge in [0.25, 0.3) is 0 Å². The summed E-state index contributed by atoms with van der Waals surface area (Å²) in [6.45, 7) is 4.49. The van der Waals surface area contributed by atoms with Gasteiger partial charge in [-0.15, -0.1) is 5.10 Å². The number of methoxy groups -OCH3 is 1. The van der Waals surface area contributed by atoms with Crippen molar-refractivity contribution in [3.8, 4) is 0 Å². The van der Waals surface area contributed by atoms with Gasteiger partial charge in [-0.3, -0.25) is 14.4 Å². The summed E-state index contributed by atoms with van der Waals surface area (Å²) in [5.74, 6) is -0.892. The van der Waals surface area contributed by atoms with E-state index in [1.807, 2.05) is 25.8 Å². The fourth-order valence-electron chi connectivity index (χ4n) is 3.35. The lowest BCUT2D eigenvalue weighted by Crippen LogP contribution is -2.51. The number of nitrogens with zero attached hydrogens (tertiary/aromatic N) is 2. The Bertz CT molecular complexity index is 617. The summed E-state index contributed by atoms with van der Waals surface area (Å²) in [7, 11) is 3.42. The summed E-state index contributed by atoms with van der Waals surface area (Å²) >= 11 is 1.52. The lowest BCUT2D eigenvalue weighted by atomic mass is 9.87. The largest absolute Gasteiger partial charge is 0.379 e. The molecule has 2 aliphatic rings. The molecular formula is C19H32N4O4S. The van der Waals surface area contributed by atoms with Gasteiger partial charge in [0, 0.05) is 38.8 Å².